The number of hydrogen-bond acceptors (Lipinski definition) is 2. The number of halogens is 3. The Balaban J connectivity index is 2.68. The number of alkyl halides is 1. The third-order valence-electron chi connectivity index (χ3n) is 1.72. The van der Waals surface area contributed by atoms with Crippen molar-refractivity contribution >= 4 is 45.1 Å². The lowest BCUT2D eigenvalue weighted by molar-refractivity contribution is -0.142. The summed E-state index contributed by atoms with van der Waals surface area (Å²) in [6, 6.07) is 5.12. The Hall–Kier alpha value is -0.250. The highest BCUT2D eigenvalue weighted by Crippen LogP contribution is 2.24. The molecule has 0 unspecified atom stereocenters. The Morgan fingerprint density at radius 3 is 2.47 bits per heavy atom. The standard InChI is InChI=1S/C10H9BrCl2O2/c11-4-5-15-10(14)6-7-8(12)2-1-3-9(7)13/h1-3H,4-6H2. The molecule has 1 rings (SSSR count). The molecule has 1 aromatic rings. The van der Waals surface area contributed by atoms with E-state index in [4.69, 9.17) is 27.9 Å². The molecule has 0 N–H and O–H groups in total. The number of rotatable bonds is 4. The molecule has 5 heteroatoms. The van der Waals surface area contributed by atoms with Crippen molar-refractivity contribution < 1.29 is 9.53 Å². The fourth-order valence-corrected chi connectivity index (χ4v) is 1.74. The van der Waals surface area contributed by atoms with E-state index < -0.39 is 0 Å². The van der Waals surface area contributed by atoms with Crippen LogP contribution in [0.1, 0.15) is 5.56 Å². The van der Waals surface area contributed by atoms with E-state index >= 15 is 0 Å². The van der Waals surface area contributed by atoms with Crippen molar-refractivity contribution in [2.24, 2.45) is 0 Å². The number of ether oxygens (including phenoxy) is 1. The zero-order valence-electron chi connectivity index (χ0n) is 7.80. The third-order valence-corrected chi connectivity index (χ3v) is 2.75. The minimum Gasteiger partial charge on any atom is -0.465 e. The van der Waals surface area contributed by atoms with Gasteiger partial charge in [0.2, 0.25) is 0 Å². The van der Waals surface area contributed by atoms with Gasteiger partial charge in [0, 0.05) is 20.9 Å². The lowest BCUT2D eigenvalue weighted by Gasteiger charge is -2.06. The SMILES string of the molecule is O=C(Cc1c(Cl)cccc1Cl)OCCBr. The molecule has 1 aromatic carbocycles. The molecular formula is C10H9BrCl2O2. The maximum absolute atomic E-state index is 11.3. The van der Waals surface area contributed by atoms with Gasteiger partial charge >= 0.3 is 5.97 Å². The Morgan fingerprint density at radius 1 is 1.33 bits per heavy atom. The summed E-state index contributed by atoms with van der Waals surface area (Å²) >= 11 is 15.0. The highest BCUT2D eigenvalue weighted by molar-refractivity contribution is 9.09. The van der Waals surface area contributed by atoms with Gasteiger partial charge in [-0.3, -0.25) is 4.79 Å². The largest absolute Gasteiger partial charge is 0.465 e. The summed E-state index contributed by atoms with van der Waals surface area (Å²) in [7, 11) is 0. The van der Waals surface area contributed by atoms with Gasteiger partial charge in [0.1, 0.15) is 6.61 Å². The summed E-state index contributed by atoms with van der Waals surface area (Å²) in [5, 5.41) is 1.59. The number of carbonyl (C=O) groups is 1. The first kappa shape index (κ1) is 12.8. The summed E-state index contributed by atoms with van der Waals surface area (Å²) in [6.45, 7) is 0.348. The van der Waals surface area contributed by atoms with E-state index in [1.54, 1.807) is 18.2 Å². The van der Waals surface area contributed by atoms with Gasteiger partial charge in [-0.2, -0.15) is 0 Å². The maximum Gasteiger partial charge on any atom is 0.310 e. The molecule has 0 aromatic heterocycles. The average Bonchev–Trinajstić information content (AvgIpc) is 2.21. The van der Waals surface area contributed by atoms with E-state index in [2.05, 4.69) is 15.9 Å². The molecular weight excluding hydrogens is 303 g/mol. The van der Waals surface area contributed by atoms with Gasteiger partial charge in [-0.05, 0) is 12.1 Å². The zero-order chi connectivity index (χ0) is 11.3. The number of hydrogen-bond donors (Lipinski definition) is 0. The Morgan fingerprint density at radius 2 is 1.93 bits per heavy atom. The van der Waals surface area contributed by atoms with Crippen LogP contribution in [0, 0.1) is 0 Å². The molecule has 0 bridgehead atoms. The van der Waals surface area contributed by atoms with Crippen LogP contribution in [0.4, 0.5) is 0 Å². The van der Waals surface area contributed by atoms with Gasteiger partial charge in [0.25, 0.3) is 0 Å². The fraction of sp³-hybridized carbons (Fsp3) is 0.300. The van der Waals surface area contributed by atoms with Crippen LogP contribution in [-0.4, -0.2) is 17.9 Å². The lowest BCUT2D eigenvalue weighted by atomic mass is 10.1. The van der Waals surface area contributed by atoms with Crippen molar-refractivity contribution in [3.63, 3.8) is 0 Å². The summed E-state index contributed by atoms with van der Waals surface area (Å²) in [5.74, 6) is -0.329. The van der Waals surface area contributed by atoms with E-state index in [0.717, 1.165) is 0 Å². The van der Waals surface area contributed by atoms with Gasteiger partial charge in [0.15, 0.2) is 0 Å². The summed E-state index contributed by atoms with van der Waals surface area (Å²) < 4.78 is 4.90. The molecule has 0 aliphatic carbocycles. The predicted octanol–water partition coefficient (Wildman–Crippen LogP) is 3.47. The van der Waals surface area contributed by atoms with Crippen LogP contribution in [0.15, 0.2) is 18.2 Å². The second-order valence-electron chi connectivity index (χ2n) is 2.79. The molecule has 15 heavy (non-hydrogen) atoms. The molecule has 0 aliphatic heterocycles. The lowest BCUT2D eigenvalue weighted by Crippen LogP contribution is -2.10. The van der Waals surface area contributed by atoms with Gasteiger partial charge in [-0.25, -0.2) is 0 Å². The van der Waals surface area contributed by atoms with Gasteiger partial charge in [0.05, 0.1) is 6.42 Å². The first-order valence-corrected chi connectivity index (χ1v) is 6.17. The van der Waals surface area contributed by atoms with E-state index in [9.17, 15) is 4.79 Å². The summed E-state index contributed by atoms with van der Waals surface area (Å²) in [4.78, 5) is 11.3. The number of esters is 1. The van der Waals surface area contributed by atoms with Crippen molar-refractivity contribution in [3.05, 3.63) is 33.8 Å². The molecule has 0 atom stereocenters. The average molecular weight is 312 g/mol. The fourth-order valence-electron chi connectivity index (χ4n) is 1.05. The number of carbonyl (C=O) groups excluding carboxylic acids is 1. The molecule has 0 fully saturated rings. The summed E-state index contributed by atoms with van der Waals surface area (Å²) in [5.41, 5.74) is 0.611. The van der Waals surface area contributed by atoms with Crippen LogP contribution >= 0.6 is 39.1 Å². The topological polar surface area (TPSA) is 26.3 Å². The van der Waals surface area contributed by atoms with E-state index in [0.29, 0.717) is 27.5 Å². The molecule has 0 amide bonds. The van der Waals surface area contributed by atoms with Crippen LogP contribution in [0.2, 0.25) is 10.0 Å². The molecule has 82 valence electrons. The van der Waals surface area contributed by atoms with Crippen LogP contribution in [0.25, 0.3) is 0 Å². The summed E-state index contributed by atoms with van der Waals surface area (Å²) in [6.07, 6.45) is 0.103. The molecule has 0 aliphatic rings. The van der Waals surface area contributed by atoms with Crippen molar-refractivity contribution in [2.45, 2.75) is 6.42 Å². The highest BCUT2D eigenvalue weighted by Gasteiger charge is 2.11. The van der Waals surface area contributed by atoms with E-state index in [-0.39, 0.29) is 12.4 Å². The Kier molecular flexibility index (Phi) is 5.43. The Bertz CT molecular complexity index is 335. The van der Waals surface area contributed by atoms with E-state index in [1.165, 1.54) is 0 Å². The highest BCUT2D eigenvalue weighted by atomic mass is 79.9. The van der Waals surface area contributed by atoms with Crippen molar-refractivity contribution in [1.29, 1.82) is 0 Å². The first-order chi connectivity index (χ1) is 7.15. The quantitative estimate of drug-likeness (QED) is 0.628. The normalized spacial score (nSPS) is 10.1. The number of benzene rings is 1. The molecule has 0 heterocycles. The molecule has 0 saturated heterocycles. The van der Waals surface area contributed by atoms with Gasteiger partial charge in [-0.15, -0.1) is 0 Å². The molecule has 0 radical (unpaired) electrons. The van der Waals surface area contributed by atoms with Crippen LogP contribution < -0.4 is 0 Å². The second-order valence-corrected chi connectivity index (χ2v) is 4.39. The molecule has 0 spiro atoms. The predicted molar refractivity (Wildman–Crippen MR) is 64.9 cm³/mol. The maximum atomic E-state index is 11.3. The van der Waals surface area contributed by atoms with Crippen LogP contribution in [0.5, 0.6) is 0 Å². The van der Waals surface area contributed by atoms with Crippen molar-refractivity contribution in [2.75, 3.05) is 11.9 Å². The minimum atomic E-state index is -0.329. The van der Waals surface area contributed by atoms with Crippen LogP contribution in [0.3, 0.4) is 0 Å². The second kappa shape index (κ2) is 6.36. The zero-order valence-corrected chi connectivity index (χ0v) is 10.9. The smallest absolute Gasteiger partial charge is 0.310 e. The Labute approximate surface area is 107 Å². The minimum absolute atomic E-state index is 0.103. The van der Waals surface area contributed by atoms with Gasteiger partial charge in [-0.1, -0.05) is 45.2 Å². The monoisotopic (exact) mass is 310 g/mol. The van der Waals surface area contributed by atoms with Crippen LogP contribution in [-0.2, 0) is 16.0 Å². The van der Waals surface area contributed by atoms with Crippen molar-refractivity contribution in [3.8, 4) is 0 Å². The van der Waals surface area contributed by atoms with Crippen molar-refractivity contribution in [1.82, 2.24) is 0 Å². The molecule has 2 nitrogen and oxygen atoms in total. The van der Waals surface area contributed by atoms with Gasteiger partial charge < -0.3 is 4.74 Å². The molecule has 0 saturated carbocycles. The third kappa shape index (κ3) is 4.01. The first-order valence-electron chi connectivity index (χ1n) is 4.29. The van der Waals surface area contributed by atoms with E-state index in [1.807, 2.05) is 0 Å².